The lowest BCUT2D eigenvalue weighted by Gasteiger charge is -2.17. The third kappa shape index (κ3) is 2.48. The first-order valence-electron chi connectivity index (χ1n) is 5.25. The maximum atomic E-state index is 5.96. The Bertz CT molecular complexity index is 294. The highest BCUT2D eigenvalue weighted by molar-refractivity contribution is 5.50. The Kier molecular flexibility index (Phi) is 3.96. The lowest BCUT2D eigenvalue weighted by molar-refractivity contribution is 0.616. The lowest BCUT2D eigenvalue weighted by Crippen LogP contribution is -2.08. The molecule has 0 saturated carbocycles. The van der Waals surface area contributed by atoms with Gasteiger partial charge in [0, 0.05) is 5.69 Å². The van der Waals surface area contributed by atoms with E-state index in [1.165, 1.54) is 11.1 Å². The monoisotopic (exact) mass is 192 g/mol. The first-order chi connectivity index (χ1) is 6.69. The second kappa shape index (κ2) is 5.01. The number of nitrogen functional groups attached to an aromatic ring is 1. The Morgan fingerprint density at radius 1 is 1.36 bits per heavy atom. The molecule has 1 unspecified atom stereocenters. The van der Waals surface area contributed by atoms with Crippen LogP contribution in [0.2, 0.25) is 0 Å². The summed E-state index contributed by atoms with van der Waals surface area (Å²) in [5.41, 5.74) is 15.0. The van der Waals surface area contributed by atoms with Crippen molar-refractivity contribution >= 4 is 5.69 Å². The van der Waals surface area contributed by atoms with Crippen molar-refractivity contribution in [1.82, 2.24) is 0 Å². The van der Waals surface area contributed by atoms with E-state index in [0.717, 1.165) is 25.1 Å². The van der Waals surface area contributed by atoms with Crippen LogP contribution in [0.3, 0.4) is 0 Å². The Morgan fingerprint density at radius 3 is 2.64 bits per heavy atom. The van der Waals surface area contributed by atoms with Crippen molar-refractivity contribution in [2.45, 2.75) is 32.6 Å². The molecule has 0 fully saturated rings. The maximum Gasteiger partial charge on any atom is 0.0349 e. The molecule has 2 nitrogen and oxygen atoms in total. The summed E-state index contributed by atoms with van der Waals surface area (Å²) in [5.74, 6) is 0.514. The minimum absolute atomic E-state index is 0.514. The fraction of sp³-hybridized carbons (Fsp3) is 0.500. The zero-order valence-electron chi connectivity index (χ0n) is 9.09. The van der Waals surface area contributed by atoms with E-state index in [1.807, 2.05) is 12.1 Å². The van der Waals surface area contributed by atoms with Gasteiger partial charge in [0.25, 0.3) is 0 Å². The average molecular weight is 192 g/mol. The fourth-order valence-electron chi connectivity index (χ4n) is 1.83. The van der Waals surface area contributed by atoms with E-state index in [-0.39, 0.29) is 0 Å². The van der Waals surface area contributed by atoms with Crippen molar-refractivity contribution in [3.05, 3.63) is 29.3 Å². The van der Waals surface area contributed by atoms with Crippen LogP contribution in [0.5, 0.6) is 0 Å². The van der Waals surface area contributed by atoms with Gasteiger partial charge in [-0.3, -0.25) is 0 Å². The molecule has 4 N–H and O–H groups in total. The molecule has 0 amide bonds. The van der Waals surface area contributed by atoms with E-state index in [2.05, 4.69) is 19.9 Å². The van der Waals surface area contributed by atoms with E-state index in [4.69, 9.17) is 11.5 Å². The molecule has 0 radical (unpaired) electrons. The normalized spacial score (nSPS) is 12.8. The van der Waals surface area contributed by atoms with E-state index < -0.39 is 0 Å². The van der Waals surface area contributed by atoms with Crippen LogP contribution in [0.1, 0.15) is 36.8 Å². The number of aryl methyl sites for hydroxylation is 1. The number of nitrogens with two attached hydrogens (primary N) is 2. The van der Waals surface area contributed by atoms with Crippen LogP contribution in [-0.4, -0.2) is 6.54 Å². The molecule has 0 aliphatic carbocycles. The number of hydrogen-bond acceptors (Lipinski definition) is 2. The molecule has 0 saturated heterocycles. The van der Waals surface area contributed by atoms with Crippen LogP contribution in [0.15, 0.2) is 18.2 Å². The Hall–Kier alpha value is -1.02. The van der Waals surface area contributed by atoms with Gasteiger partial charge in [0.05, 0.1) is 0 Å². The molecule has 0 aromatic heterocycles. The summed E-state index contributed by atoms with van der Waals surface area (Å²) in [6, 6.07) is 6.22. The fourth-order valence-corrected chi connectivity index (χ4v) is 1.83. The molecule has 1 atom stereocenters. The van der Waals surface area contributed by atoms with Crippen LogP contribution >= 0.6 is 0 Å². The smallest absolute Gasteiger partial charge is 0.0349 e. The quantitative estimate of drug-likeness (QED) is 0.720. The second-order valence-corrected chi connectivity index (χ2v) is 3.81. The van der Waals surface area contributed by atoms with Gasteiger partial charge in [-0.15, -0.1) is 0 Å². The zero-order valence-corrected chi connectivity index (χ0v) is 9.09. The SMILES string of the molecule is CCC(CCN)c1cc(C)ccc1N. The van der Waals surface area contributed by atoms with E-state index in [9.17, 15) is 0 Å². The summed E-state index contributed by atoms with van der Waals surface area (Å²) < 4.78 is 0. The van der Waals surface area contributed by atoms with Crippen molar-refractivity contribution in [2.75, 3.05) is 12.3 Å². The predicted octanol–water partition coefficient (Wildman–Crippen LogP) is 2.42. The Morgan fingerprint density at radius 2 is 2.07 bits per heavy atom. The van der Waals surface area contributed by atoms with E-state index >= 15 is 0 Å². The van der Waals surface area contributed by atoms with Gasteiger partial charge in [-0.1, -0.05) is 24.6 Å². The summed E-state index contributed by atoms with van der Waals surface area (Å²) in [6.07, 6.45) is 2.12. The largest absolute Gasteiger partial charge is 0.398 e. The van der Waals surface area contributed by atoms with E-state index in [0.29, 0.717) is 5.92 Å². The third-order valence-electron chi connectivity index (χ3n) is 2.69. The standard InChI is InChI=1S/C12H20N2/c1-3-10(6-7-13)11-8-9(2)4-5-12(11)14/h4-5,8,10H,3,6-7,13-14H2,1-2H3. The van der Waals surface area contributed by atoms with Crippen LogP contribution < -0.4 is 11.5 Å². The molecule has 1 aromatic carbocycles. The van der Waals surface area contributed by atoms with Gasteiger partial charge < -0.3 is 11.5 Å². The van der Waals surface area contributed by atoms with Gasteiger partial charge in [-0.2, -0.15) is 0 Å². The molecule has 0 aliphatic rings. The molecule has 0 spiro atoms. The van der Waals surface area contributed by atoms with Crippen LogP contribution in [0.25, 0.3) is 0 Å². The summed E-state index contributed by atoms with van der Waals surface area (Å²) in [6.45, 7) is 5.01. The first-order valence-corrected chi connectivity index (χ1v) is 5.25. The summed E-state index contributed by atoms with van der Waals surface area (Å²) >= 11 is 0. The van der Waals surface area contributed by atoms with Gasteiger partial charge in [-0.05, 0) is 43.9 Å². The summed E-state index contributed by atoms with van der Waals surface area (Å²) in [4.78, 5) is 0. The molecule has 78 valence electrons. The van der Waals surface area contributed by atoms with Crippen LogP contribution in [0, 0.1) is 6.92 Å². The van der Waals surface area contributed by atoms with E-state index in [1.54, 1.807) is 0 Å². The van der Waals surface area contributed by atoms with Crippen molar-refractivity contribution in [3.8, 4) is 0 Å². The number of rotatable bonds is 4. The molecule has 1 rings (SSSR count). The summed E-state index contributed by atoms with van der Waals surface area (Å²) in [7, 11) is 0. The molecule has 0 bridgehead atoms. The molecule has 0 aliphatic heterocycles. The Balaban J connectivity index is 2.96. The zero-order chi connectivity index (χ0) is 10.6. The Labute approximate surface area is 86.3 Å². The third-order valence-corrected chi connectivity index (χ3v) is 2.69. The van der Waals surface area contributed by atoms with Gasteiger partial charge in [0.15, 0.2) is 0 Å². The van der Waals surface area contributed by atoms with Gasteiger partial charge in [0.1, 0.15) is 0 Å². The first kappa shape index (κ1) is 11.1. The van der Waals surface area contributed by atoms with Gasteiger partial charge in [0.2, 0.25) is 0 Å². The van der Waals surface area contributed by atoms with Crippen molar-refractivity contribution in [2.24, 2.45) is 5.73 Å². The maximum absolute atomic E-state index is 5.96. The van der Waals surface area contributed by atoms with Crippen molar-refractivity contribution in [1.29, 1.82) is 0 Å². The number of hydrogen-bond donors (Lipinski definition) is 2. The minimum Gasteiger partial charge on any atom is -0.398 e. The lowest BCUT2D eigenvalue weighted by atomic mass is 9.91. The van der Waals surface area contributed by atoms with Gasteiger partial charge >= 0.3 is 0 Å². The topological polar surface area (TPSA) is 52.0 Å². The average Bonchev–Trinajstić information content (AvgIpc) is 2.18. The van der Waals surface area contributed by atoms with Gasteiger partial charge in [-0.25, -0.2) is 0 Å². The number of benzene rings is 1. The molecule has 0 heterocycles. The molecule has 2 heteroatoms. The molecule has 14 heavy (non-hydrogen) atoms. The molecular formula is C12H20N2. The van der Waals surface area contributed by atoms with Crippen molar-refractivity contribution < 1.29 is 0 Å². The summed E-state index contributed by atoms with van der Waals surface area (Å²) in [5, 5.41) is 0. The second-order valence-electron chi connectivity index (χ2n) is 3.81. The highest BCUT2D eigenvalue weighted by Crippen LogP contribution is 2.28. The highest BCUT2D eigenvalue weighted by atomic mass is 14.6. The molecule has 1 aromatic rings. The highest BCUT2D eigenvalue weighted by Gasteiger charge is 2.11. The van der Waals surface area contributed by atoms with Crippen molar-refractivity contribution in [3.63, 3.8) is 0 Å². The van der Waals surface area contributed by atoms with Crippen LogP contribution in [0.4, 0.5) is 5.69 Å². The predicted molar refractivity (Wildman–Crippen MR) is 62.3 cm³/mol. The number of anilines is 1. The molecular weight excluding hydrogens is 172 g/mol. The minimum atomic E-state index is 0.514. The van der Waals surface area contributed by atoms with Crippen LogP contribution in [-0.2, 0) is 0 Å².